The van der Waals surface area contributed by atoms with Gasteiger partial charge in [0.25, 0.3) is 5.91 Å². The predicted octanol–water partition coefficient (Wildman–Crippen LogP) is 4.23. The summed E-state index contributed by atoms with van der Waals surface area (Å²) in [5.74, 6) is 0.854. The molecule has 1 aromatic heterocycles. The van der Waals surface area contributed by atoms with Crippen LogP contribution >= 0.6 is 43.2 Å². The number of morpholine rings is 1. The highest BCUT2D eigenvalue weighted by atomic mass is 79.9. The van der Waals surface area contributed by atoms with E-state index in [1.54, 1.807) is 0 Å². The van der Waals surface area contributed by atoms with Crippen molar-refractivity contribution in [2.75, 3.05) is 32.7 Å². The number of piperidine rings is 1. The second-order valence-corrected chi connectivity index (χ2v) is 10.2. The van der Waals surface area contributed by atoms with Crippen molar-refractivity contribution in [1.29, 1.82) is 0 Å². The average Bonchev–Trinajstić information content (AvgIpc) is 2.86. The third-order valence-electron chi connectivity index (χ3n) is 4.77. The topological polar surface area (TPSA) is 32.8 Å². The molecule has 1 aromatic rings. The predicted molar refractivity (Wildman–Crippen MR) is 105 cm³/mol. The molecule has 2 atom stereocenters. The van der Waals surface area contributed by atoms with E-state index in [1.807, 2.05) is 11.0 Å². The maximum Gasteiger partial charge on any atom is 0.264 e. The van der Waals surface area contributed by atoms with Crippen LogP contribution in [0.15, 0.2) is 14.3 Å². The van der Waals surface area contributed by atoms with Gasteiger partial charge in [-0.3, -0.25) is 9.69 Å². The fraction of sp³-hybridized carbons (Fsp3) is 0.706. The van der Waals surface area contributed by atoms with E-state index in [9.17, 15) is 4.79 Å². The van der Waals surface area contributed by atoms with Crippen molar-refractivity contribution in [3.63, 3.8) is 0 Å². The first-order chi connectivity index (χ1) is 11.4. The van der Waals surface area contributed by atoms with E-state index in [4.69, 9.17) is 4.74 Å². The van der Waals surface area contributed by atoms with Gasteiger partial charge in [0.2, 0.25) is 0 Å². The molecule has 0 saturated carbocycles. The Balaban J connectivity index is 1.49. The van der Waals surface area contributed by atoms with E-state index in [0.717, 1.165) is 58.7 Å². The Morgan fingerprint density at radius 1 is 1.25 bits per heavy atom. The number of hydrogen-bond donors (Lipinski definition) is 0. The van der Waals surface area contributed by atoms with Gasteiger partial charge >= 0.3 is 0 Å². The van der Waals surface area contributed by atoms with Crippen LogP contribution in [0.3, 0.4) is 0 Å². The molecular weight excluding hydrogens is 456 g/mol. The molecule has 7 heteroatoms. The lowest BCUT2D eigenvalue weighted by Gasteiger charge is -2.39. The van der Waals surface area contributed by atoms with Gasteiger partial charge in [0.1, 0.15) is 0 Å². The molecule has 2 aliphatic rings. The van der Waals surface area contributed by atoms with Gasteiger partial charge in [0.05, 0.1) is 20.9 Å². The zero-order valence-electron chi connectivity index (χ0n) is 14.1. The molecule has 3 heterocycles. The highest BCUT2D eigenvalue weighted by molar-refractivity contribution is 9.13. The molecule has 24 heavy (non-hydrogen) atoms. The number of carbonyl (C=O) groups excluding carboxylic acids is 1. The fourth-order valence-electron chi connectivity index (χ4n) is 3.73. The van der Waals surface area contributed by atoms with Crippen molar-refractivity contribution >= 4 is 49.1 Å². The number of hydrogen-bond acceptors (Lipinski definition) is 4. The van der Waals surface area contributed by atoms with E-state index in [-0.39, 0.29) is 5.91 Å². The minimum Gasteiger partial charge on any atom is -0.373 e. The Morgan fingerprint density at radius 3 is 2.42 bits per heavy atom. The third-order valence-corrected chi connectivity index (χ3v) is 8.01. The lowest BCUT2D eigenvalue weighted by molar-refractivity contribution is -0.0728. The van der Waals surface area contributed by atoms with E-state index in [1.165, 1.54) is 11.3 Å². The van der Waals surface area contributed by atoms with Gasteiger partial charge in [-0.25, -0.2) is 0 Å². The summed E-state index contributed by atoms with van der Waals surface area (Å²) in [6, 6.07) is 1.92. The minimum atomic E-state index is 0.165. The standard InChI is InChI=1S/C17H24Br2N2O2S/c1-11-8-20(9-12(2)23-11)10-13-3-5-21(6-4-13)17(22)15-7-14(18)16(19)24-15/h7,11-13H,3-6,8-10H2,1-2H3. The lowest BCUT2D eigenvalue weighted by atomic mass is 9.95. The maximum atomic E-state index is 12.6. The van der Waals surface area contributed by atoms with Crippen molar-refractivity contribution in [1.82, 2.24) is 9.80 Å². The molecule has 3 rings (SSSR count). The number of carbonyl (C=O) groups is 1. The molecule has 4 nitrogen and oxygen atoms in total. The van der Waals surface area contributed by atoms with Crippen LogP contribution in [0.2, 0.25) is 0 Å². The smallest absolute Gasteiger partial charge is 0.264 e. The summed E-state index contributed by atoms with van der Waals surface area (Å²) < 4.78 is 7.76. The van der Waals surface area contributed by atoms with Crippen LogP contribution in [0.1, 0.15) is 36.4 Å². The summed E-state index contributed by atoms with van der Waals surface area (Å²) in [4.78, 5) is 18.0. The molecule has 0 aliphatic carbocycles. The summed E-state index contributed by atoms with van der Waals surface area (Å²) in [5, 5.41) is 0. The van der Waals surface area contributed by atoms with Gasteiger partial charge in [-0.15, -0.1) is 11.3 Å². The minimum absolute atomic E-state index is 0.165. The second-order valence-electron chi connectivity index (χ2n) is 6.94. The van der Waals surface area contributed by atoms with Crippen LogP contribution in [-0.2, 0) is 4.74 Å². The van der Waals surface area contributed by atoms with Crippen molar-refractivity contribution < 1.29 is 9.53 Å². The normalized spacial score (nSPS) is 26.8. The molecule has 0 bridgehead atoms. The largest absolute Gasteiger partial charge is 0.373 e. The van der Waals surface area contributed by atoms with Crippen molar-refractivity contribution in [2.45, 2.75) is 38.9 Å². The molecule has 2 aliphatic heterocycles. The number of nitrogens with zero attached hydrogens (tertiary/aromatic N) is 2. The zero-order valence-corrected chi connectivity index (χ0v) is 18.1. The van der Waals surface area contributed by atoms with E-state index >= 15 is 0 Å². The summed E-state index contributed by atoms with van der Waals surface area (Å²) >= 11 is 8.43. The highest BCUT2D eigenvalue weighted by Gasteiger charge is 2.28. The molecule has 0 N–H and O–H groups in total. The van der Waals surface area contributed by atoms with Gasteiger partial charge in [-0.2, -0.15) is 0 Å². The Hall–Kier alpha value is 0.0500. The molecule has 134 valence electrons. The first-order valence-electron chi connectivity index (χ1n) is 8.54. The van der Waals surface area contributed by atoms with E-state index in [2.05, 4.69) is 50.6 Å². The monoisotopic (exact) mass is 478 g/mol. The van der Waals surface area contributed by atoms with Crippen molar-refractivity contribution in [3.05, 3.63) is 19.2 Å². The molecule has 2 fully saturated rings. The Morgan fingerprint density at radius 2 is 1.88 bits per heavy atom. The lowest BCUT2D eigenvalue weighted by Crippen LogP contribution is -2.48. The summed E-state index contributed by atoms with van der Waals surface area (Å²) in [6.45, 7) is 9.23. The molecule has 1 amide bonds. The van der Waals surface area contributed by atoms with E-state index < -0.39 is 0 Å². The summed E-state index contributed by atoms with van der Waals surface area (Å²) in [5.41, 5.74) is 0. The van der Waals surface area contributed by atoms with Gasteiger partial charge in [-0.1, -0.05) is 0 Å². The first kappa shape index (κ1) is 18.8. The number of amides is 1. The number of rotatable bonds is 3. The zero-order chi connectivity index (χ0) is 17.3. The quantitative estimate of drug-likeness (QED) is 0.650. The highest BCUT2D eigenvalue weighted by Crippen LogP contribution is 2.33. The molecule has 2 unspecified atom stereocenters. The number of ether oxygens (including phenoxy) is 1. The first-order valence-corrected chi connectivity index (χ1v) is 10.9. The van der Waals surface area contributed by atoms with Gasteiger partial charge < -0.3 is 9.64 Å². The average molecular weight is 480 g/mol. The second kappa shape index (κ2) is 8.16. The maximum absolute atomic E-state index is 12.6. The van der Waals surface area contributed by atoms with Crippen LogP contribution in [0.4, 0.5) is 0 Å². The molecule has 0 radical (unpaired) electrons. The van der Waals surface area contributed by atoms with Gasteiger partial charge in [0.15, 0.2) is 0 Å². The summed E-state index contributed by atoms with van der Waals surface area (Å²) in [6.07, 6.45) is 2.84. The third kappa shape index (κ3) is 4.61. The van der Waals surface area contributed by atoms with Crippen LogP contribution in [-0.4, -0.2) is 60.6 Å². The number of thiophene rings is 1. The Bertz CT molecular complexity index is 558. The molecule has 2 saturated heterocycles. The van der Waals surface area contributed by atoms with Gasteiger partial charge in [-0.05, 0) is 70.5 Å². The molecule has 0 spiro atoms. The Labute approximate surface area is 164 Å². The molecule has 0 aromatic carbocycles. The Kier molecular flexibility index (Phi) is 6.41. The number of likely N-dealkylation sites (tertiary alicyclic amines) is 1. The van der Waals surface area contributed by atoms with E-state index in [0.29, 0.717) is 18.1 Å². The van der Waals surface area contributed by atoms with Crippen LogP contribution in [0.25, 0.3) is 0 Å². The number of halogens is 2. The molecular formula is C17H24Br2N2O2S. The van der Waals surface area contributed by atoms with Crippen LogP contribution < -0.4 is 0 Å². The van der Waals surface area contributed by atoms with Gasteiger partial charge in [0, 0.05) is 37.2 Å². The van der Waals surface area contributed by atoms with Crippen molar-refractivity contribution in [3.8, 4) is 0 Å². The SMILES string of the molecule is CC1CN(CC2CCN(C(=O)c3cc(Br)c(Br)s3)CC2)CC(C)O1. The van der Waals surface area contributed by atoms with Crippen LogP contribution in [0, 0.1) is 5.92 Å². The fourth-order valence-corrected chi connectivity index (χ4v) is 5.73. The van der Waals surface area contributed by atoms with Crippen molar-refractivity contribution in [2.24, 2.45) is 5.92 Å². The van der Waals surface area contributed by atoms with Crippen LogP contribution in [0.5, 0.6) is 0 Å². The summed E-state index contributed by atoms with van der Waals surface area (Å²) in [7, 11) is 0.